The van der Waals surface area contributed by atoms with Gasteiger partial charge in [-0.2, -0.15) is 0 Å². The Morgan fingerprint density at radius 3 is 2.48 bits per heavy atom. The van der Waals surface area contributed by atoms with E-state index < -0.39 is 11.7 Å². The van der Waals surface area contributed by atoms with Gasteiger partial charge in [0.1, 0.15) is 5.60 Å². The lowest BCUT2D eigenvalue weighted by molar-refractivity contribution is -0.116. The predicted molar refractivity (Wildman–Crippen MR) is 92.9 cm³/mol. The number of nitrogens with one attached hydrogen (secondary N) is 2. The van der Waals surface area contributed by atoms with E-state index in [0.717, 1.165) is 17.9 Å². The molecule has 0 radical (unpaired) electrons. The standard InChI is InChI=1S/C17H27N3O3/c1-6-20(5)14-10-8-7-9-13(14)19-15(21)11-12-18-16(22)23-17(2,3)4/h7-10H,6,11-12H2,1-5H3,(H,18,22)(H,19,21). The smallest absolute Gasteiger partial charge is 0.407 e. The summed E-state index contributed by atoms with van der Waals surface area (Å²) in [5.41, 5.74) is 1.18. The van der Waals surface area contributed by atoms with E-state index in [2.05, 4.69) is 15.5 Å². The molecule has 6 nitrogen and oxygen atoms in total. The molecule has 6 heteroatoms. The second-order valence-corrected chi connectivity index (χ2v) is 6.26. The van der Waals surface area contributed by atoms with Crippen LogP contribution in [0.1, 0.15) is 34.1 Å². The number of carbonyl (C=O) groups excluding carboxylic acids is 2. The Kier molecular flexibility index (Phi) is 6.88. The van der Waals surface area contributed by atoms with E-state index in [0.29, 0.717) is 0 Å². The fraction of sp³-hybridized carbons (Fsp3) is 0.529. The van der Waals surface area contributed by atoms with Crippen LogP contribution in [0.15, 0.2) is 24.3 Å². The molecule has 1 rings (SSSR count). The van der Waals surface area contributed by atoms with Crippen LogP contribution in [0.3, 0.4) is 0 Å². The van der Waals surface area contributed by atoms with Gasteiger partial charge in [-0.15, -0.1) is 0 Å². The first-order valence-electron chi connectivity index (χ1n) is 7.80. The number of rotatable bonds is 6. The third-order valence-corrected chi connectivity index (χ3v) is 3.08. The Labute approximate surface area is 138 Å². The SMILES string of the molecule is CCN(C)c1ccccc1NC(=O)CCNC(=O)OC(C)(C)C. The van der Waals surface area contributed by atoms with Crippen LogP contribution in [-0.2, 0) is 9.53 Å². The number of hydrogen-bond donors (Lipinski definition) is 2. The Morgan fingerprint density at radius 1 is 1.22 bits per heavy atom. The van der Waals surface area contributed by atoms with Crippen molar-refractivity contribution in [3.63, 3.8) is 0 Å². The molecular formula is C17H27N3O3. The molecule has 128 valence electrons. The van der Waals surface area contributed by atoms with Crippen molar-refractivity contribution >= 4 is 23.4 Å². The summed E-state index contributed by atoms with van der Waals surface area (Å²) in [6, 6.07) is 7.63. The maximum absolute atomic E-state index is 12.0. The van der Waals surface area contributed by atoms with Gasteiger partial charge in [0.05, 0.1) is 11.4 Å². The monoisotopic (exact) mass is 321 g/mol. The van der Waals surface area contributed by atoms with Gasteiger partial charge >= 0.3 is 6.09 Å². The maximum Gasteiger partial charge on any atom is 0.407 e. The van der Waals surface area contributed by atoms with Crippen LogP contribution in [0, 0.1) is 0 Å². The molecule has 0 aliphatic carbocycles. The molecule has 0 unspecified atom stereocenters. The van der Waals surface area contributed by atoms with E-state index >= 15 is 0 Å². The molecule has 0 bridgehead atoms. The molecule has 0 aliphatic heterocycles. The van der Waals surface area contributed by atoms with Gasteiger partial charge in [-0.25, -0.2) is 4.79 Å². The van der Waals surface area contributed by atoms with Gasteiger partial charge in [0.15, 0.2) is 0 Å². The van der Waals surface area contributed by atoms with Crippen molar-refractivity contribution in [2.45, 2.75) is 39.7 Å². The van der Waals surface area contributed by atoms with Gasteiger partial charge in [-0.1, -0.05) is 12.1 Å². The summed E-state index contributed by atoms with van der Waals surface area (Å²) in [4.78, 5) is 25.6. The molecule has 0 fully saturated rings. The van der Waals surface area contributed by atoms with Crippen LogP contribution in [0.25, 0.3) is 0 Å². The number of carbonyl (C=O) groups is 2. The molecule has 1 aromatic rings. The Balaban J connectivity index is 2.48. The molecule has 0 aliphatic rings. The van der Waals surface area contributed by atoms with Gasteiger partial charge in [-0.3, -0.25) is 4.79 Å². The summed E-state index contributed by atoms with van der Waals surface area (Å²) in [5.74, 6) is -0.155. The van der Waals surface area contributed by atoms with Crippen molar-refractivity contribution in [1.29, 1.82) is 0 Å². The third-order valence-electron chi connectivity index (χ3n) is 3.08. The fourth-order valence-electron chi connectivity index (χ4n) is 1.89. The lowest BCUT2D eigenvalue weighted by Gasteiger charge is -2.21. The van der Waals surface area contributed by atoms with E-state index in [9.17, 15) is 9.59 Å². The third kappa shape index (κ3) is 7.04. The molecule has 0 atom stereocenters. The number of benzene rings is 1. The van der Waals surface area contributed by atoms with Gasteiger partial charge < -0.3 is 20.3 Å². The number of anilines is 2. The highest BCUT2D eigenvalue weighted by atomic mass is 16.6. The van der Waals surface area contributed by atoms with Crippen LogP contribution in [0.5, 0.6) is 0 Å². The van der Waals surface area contributed by atoms with E-state index in [1.54, 1.807) is 20.8 Å². The van der Waals surface area contributed by atoms with Crippen LogP contribution >= 0.6 is 0 Å². The summed E-state index contributed by atoms with van der Waals surface area (Å²) in [7, 11) is 1.97. The first-order valence-corrected chi connectivity index (χ1v) is 7.80. The second-order valence-electron chi connectivity index (χ2n) is 6.26. The Hall–Kier alpha value is -2.24. The predicted octanol–water partition coefficient (Wildman–Crippen LogP) is 3.00. The number of amides is 2. The molecule has 1 aromatic carbocycles. The molecule has 0 aromatic heterocycles. The van der Waals surface area contributed by atoms with Gasteiger partial charge in [0.2, 0.25) is 5.91 Å². The van der Waals surface area contributed by atoms with Crippen molar-refractivity contribution in [3.8, 4) is 0 Å². The Morgan fingerprint density at radius 2 is 1.87 bits per heavy atom. The summed E-state index contributed by atoms with van der Waals surface area (Å²) < 4.78 is 5.11. The summed E-state index contributed by atoms with van der Waals surface area (Å²) >= 11 is 0. The van der Waals surface area contributed by atoms with Crippen molar-refractivity contribution in [2.75, 3.05) is 30.4 Å². The van der Waals surface area contributed by atoms with Crippen molar-refractivity contribution < 1.29 is 14.3 Å². The minimum atomic E-state index is -0.546. The lowest BCUT2D eigenvalue weighted by Crippen LogP contribution is -2.34. The highest BCUT2D eigenvalue weighted by Gasteiger charge is 2.16. The fourth-order valence-corrected chi connectivity index (χ4v) is 1.89. The zero-order valence-electron chi connectivity index (χ0n) is 14.6. The Bertz CT molecular complexity index is 538. The number of para-hydroxylation sites is 2. The van der Waals surface area contributed by atoms with Crippen molar-refractivity contribution in [2.24, 2.45) is 0 Å². The minimum absolute atomic E-state index is 0.155. The van der Waals surface area contributed by atoms with E-state index in [4.69, 9.17) is 4.74 Å². The van der Waals surface area contributed by atoms with Crippen molar-refractivity contribution in [1.82, 2.24) is 5.32 Å². The van der Waals surface area contributed by atoms with Gasteiger partial charge in [0, 0.05) is 26.6 Å². The molecular weight excluding hydrogens is 294 g/mol. The van der Waals surface area contributed by atoms with E-state index in [1.807, 2.05) is 38.2 Å². The van der Waals surface area contributed by atoms with E-state index in [-0.39, 0.29) is 18.9 Å². The average molecular weight is 321 g/mol. The van der Waals surface area contributed by atoms with Gasteiger partial charge in [0.25, 0.3) is 0 Å². The highest BCUT2D eigenvalue weighted by molar-refractivity contribution is 5.94. The zero-order valence-corrected chi connectivity index (χ0v) is 14.6. The minimum Gasteiger partial charge on any atom is -0.444 e. The number of hydrogen-bond acceptors (Lipinski definition) is 4. The molecule has 23 heavy (non-hydrogen) atoms. The molecule has 0 saturated heterocycles. The zero-order chi connectivity index (χ0) is 17.5. The topological polar surface area (TPSA) is 70.7 Å². The van der Waals surface area contributed by atoms with Crippen LogP contribution in [0.4, 0.5) is 16.2 Å². The average Bonchev–Trinajstić information content (AvgIpc) is 2.45. The number of alkyl carbamates (subject to hydrolysis) is 1. The molecule has 2 amide bonds. The van der Waals surface area contributed by atoms with Gasteiger partial charge in [-0.05, 0) is 39.8 Å². The first kappa shape index (κ1) is 18.8. The normalized spacial score (nSPS) is 10.8. The molecule has 0 spiro atoms. The second kappa shape index (κ2) is 8.41. The van der Waals surface area contributed by atoms with Crippen LogP contribution in [-0.4, -0.2) is 37.7 Å². The quantitative estimate of drug-likeness (QED) is 0.845. The van der Waals surface area contributed by atoms with Crippen LogP contribution in [0.2, 0.25) is 0 Å². The summed E-state index contributed by atoms with van der Waals surface area (Å²) in [5, 5.41) is 5.45. The molecule has 0 heterocycles. The largest absolute Gasteiger partial charge is 0.444 e. The molecule has 0 saturated carbocycles. The van der Waals surface area contributed by atoms with E-state index in [1.165, 1.54) is 0 Å². The number of ether oxygens (including phenoxy) is 1. The lowest BCUT2D eigenvalue weighted by atomic mass is 10.2. The summed E-state index contributed by atoms with van der Waals surface area (Å²) in [6.07, 6.45) is -0.333. The highest BCUT2D eigenvalue weighted by Crippen LogP contribution is 2.24. The summed E-state index contributed by atoms with van der Waals surface area (Å²) in [6.45, 7) is 8.49. The number of nitrogens with zero attached hydrogens (tertiary/aromatic N) is 1. The first-order chi connectivity index (χ1) is 10.7. The maximum atomic E-state index is 12.0. The molecule has 2 N–H and O–H groups in total. The van der Waals surface area contributed by atoms with Crippen molar-refractivity contribution in [3.05, 3.63) is 24.3 Å². The van der Waals surface area contributed by atoms with Crippen LogP contribution < -0.4 is 15.5 Å².